The topological polar surface area (TPSA) is 96.1 Å². The fourth-order valence-corrected chi connectivity index (χ4v) is 4.14. The molecule has 0 saturated carbocycles. The Morgan fingerprint density at radius 2 is 2.00 bits per heavy atom. The first kappa shape index (κ1) is 24.6. The average Bonchev–Trinajstić information content (AvgIpc) is 3.17. The van der Waals surface area contributed by atoms with E-state index in [2.05, 4.69) is 16.9 Å². The number of aromatic nitrogens is 1. The van der Waals surface area contributed by atoms with Gasteiger partial charge >= 0.3 is 12.1 Å². The van der Waals surface area contributed by atoms with Crippen LogP contribution in [0.25, 0.3) is 0 Å². The summed E-state index contributed by atoms with van der Waals surface area (Å²) in [4.78, 5) is 30.1. The van der Waals surface area contributed by atoms with Gasteiger partial charge in [0.05, 0.1) is 24.0 Å². The van der Waals surface area contributed by atoms with Crippen molar-refractivity contribution >= 4 is 11.9 Å². The van der Waals surface area contributed by atoms with E-state index >= 15 is 0 Å². The lowest BCUT2D eigenvalue weighted by atomic mass is 9.75. The molecule has 4 heterocycles. The first-order chi connectivity index (χ1) is 15.5. The highest BCUT2D eigenvalue weighted by atomic mass is 19.4. The maximum Gasteiger partial charge on any atom is 0.490 e. The van der Waals surface area contributed by atoms with Crippen molar-refractivity contribution in [3.63, 3.8) is 0 Å². The van der Waals surface area contributed by atoms with Crippen molar-refractivity contribution in [2.45, 2.75) is 31.5 Å². The molecule has 0 aromatic carbocycles. The van der Waals surface area contributed by atoms with E-state index in [0.29, 0.717) is 29.7 Å². The molecule has 2 aliphatic rings. The summed E-state index contributed by atoms with van der Waals surface area (Å²) in [5, 5.41) is 7.12. The van der Waals surface area contributed by atoms with Crippen LogP contribution >= 0.6 is 0 Å². The van der Waals surface area contributed by atoms with Crippen LogP contribution in [0.5, 0.6) is 5.88 Å². The van der Waals surface area contributed by atoms with E-state index in [1.165, 1.54) is 0 Å². The number of carboxylic acid groups (broad SMARTS) is 1. The predicted octanol–water partition coefficient (Wildman–Crippen LogP) is 3.23. The van der Waals surface area contributed by atoms with Crippen molar-refractivity contribution in [3.8, 4) is 5.88 Å². The molecule has 2 aliphatic heterocycles. The Labute approximate surface area is 188 Å². The fraction of sp³-hybridized carbons (Fsp3) is 0.500. The van der Waals surface area contributed by atoms with E-state index < -0.39 is 12.1 Å². The van der Waals surface area contributed by atoms with Gasteiger partial charge in [-0.1, -0.05) is 6.07 Å². The quantitative estimate of drug-likeness (QED) is 0.735. The number of aryl methyl sites for hydroxylation is 1. The van der Waals surface area contributed by atoms with Gasteiger partial charge in [0.2, 0.25) is 5.88 Å². The first-order valence-electron chi connectivity index (χ1n) is 10.4. The molecule has 1 N–H and O–H groups in total. The molecule has 180 valence electrons. The van der Waals surface area contributed by atoms with Gasteiger partial charge in [0.25, 0.3) is 5.91 Å². The molecular weight excluding hydrogens is 443 g/mol. The molecule has 2 fully saturated rings. The smallest absolute Gasteiger partial charge is 0.477 e. The van der Waals surface area contributed by atoms with Gasteiger partial charge in [0, 0.05) is 25.4 Å². The van der Waals surface area contributed by atoms with Gasteiger partial charge < -0.3 is 19.2 Å². The van der Waals surface area contributed by atoms with Crippen LogP contribution in [-0.2, 0) is 4.79 Å². The Bertz CT molecular complexity index is 958. The molecule has 2 aromatic heterocycles. The van der Waals surface area contributed by atoms with Crippen LogP contribution in [0.4, 0.5) is 13.2 Å². The van der Waals surface area contributed by atoms with E-state index in [4.69, 9.17) is 19.1 Å². The Balaban J connectivity index is 0.000000383. The second-order valence-electron chi connectivity index (χ2n) is 8.34. The van der Waals surface area contributed by atoms with Crippen molar-refractivity contribution in [1.29, 1.82) is 0 Å². The number of alkyl halides is 3. The van der Waals surface area contributed by atoms with Crippen LogP contribution in [-0.4, -0.2) is 76.8 Å². The number of furan rings is 1. The average molecular weight is 469 g/mol. The Kier molecular flexibility index (Phi) is 7.31. The van der Waals surface area contributed by atoms with Gasteiger partial charge in [-0.2, -0.15) is 13.2 Å². The number of halogens is 3. The molecule has 33 heavy (non-hydrogen) atoms. The largest absolute Gasteiger partial charge is 0.490 e. The molecule has 2 saturated heterocycles. The van der Waals surface area contributed by atoms with E-state index in [1.54, 1.807) is 18.5 Å². The number of carboxylic acids is 1. The van der Waals surface area contributed by atoms with Crippen molar-refractivity contribution in [1.82, 2.24) is 14.8 Å². The Morgan fingerprint density at radius 1 is 1.30 bits per heavy atom. The van der Waals surface area contributed by atoms with E-state index in [0.717, 1.165) is 32.5 Å². The third-order valence-electron chi connectivity index (χ3n) is 6.05. The summed E-state index contributed by atoms with van der Waals surface area (Å²) in [6.07, 6.45) is 0.402. The van der Waals surface area contributed by atoms with Gasteiger partial charge in [-0.05, 0) is 51.4 Å². The van der Waals surface area contributed by atoms with E-state index in [-0.39, 0.29) is 11.4 Å². The molecule has 0 radical (unpaired) electrons. The predicted molar refractivity (Wildman–Crippen MR) is 111 cm³/mol. The lowest BCUT2D eigenvalue weighted by molar-refractivity contribution is -0.192. The van der Waals surface area contributed by atoms with Crippen molar-refractivity contribution in [2.75, 3.05) is 33.3 Å². The number of ether oxygens (including phenoxy) is 1. The molecule has 0 bridgehead atoms. The number of carbonyl (C=O) groups is 2. The minimum Gasteiger partial charge on any atom is -0.477 e. The van der Waals surface area contributed by atoms with Crippen LogP contribution in [0.3, 0.4) is 0 Å². The number of amides is 1. The van der Waals surface area contributed by atoms with Crippen LogP contribution in [0.1, 0.15) is 29.0 Å². The van der Waals surface area contributed by atoms with Crippen LogP contribution < -0.4 is 4.74 Å². The zero-order valence-electron chi connectivity index (χ0n) is 18.3. The second kappa shape index (κ2) is 9.82. The zero-order valence-corrected chi connectivity index (χ0v) is 18.3. The molecule has 2 aromatic rings. The SMILES string of the molecule is Cc1occc1C(=O)N1CC2(CC(COc3ccccn3)CCN2C)C1.O=C(O)C(F)(F)F. The maximum absolute atomic E-state index is 12.6. The summed E-state index contributed by atoms with van der Waals surface area (Å²) in [6.45, 7) is 5.09. The number of likely N-dealkylation sites (N-methyl/N-ethyl adjacent to an activating group) is 1. The van der Waals surface area contributed by atoms with Gasteiger partial charge in [-0.3, -0.25) is 9.69 Å². The molecule has 1 unspecified atom stereocenters. The standard InChI is InChI=1S/C20H25N3O3.C2HF3O2/c1-15-17(7-10-25-15)19(24)23-13-20(14-23)11-16(6-9-22(20)2)12-26-18-5-3-4-8-21-18;3-2(4,5)1(6)7/h3-5,7-8,10,16H,6,9,11-14H2,1-2H3;(H,6,7). The highest BCUT2D eigenvalue weighted by molar-refractivity contribution is 5.95. The summed E-state index contributed by atoms with van der Waals surface area (Å²) < 4.78 is 42.9. The Hall–Kier alpha value is -3.08. The molecular formula is C22H26F3N3O5. The summed E-state index contributed by atoms with van der Waals surface area (Å²) in [6, 6.07) is 7.48. The van der Waals surface area contributed by atoms with Crippen molar-refractivity contribution in [3.05, 3.63) is 48.0 Å². The zero-order chi connectivity index (χ0) is 24.2. The van der Waals surface area contributed by atoms with E-state index in [9.17, 15) is 18.0 Å². The number of likely N-dealkylation sites (tertiary alicyclic amines) is 2. The number of aliphatic carboxylic acids is 1. The number of pyridine rings is 1. The third-order valence-corrected chi connectivity index (χ3v) is 6.05. The summed E-state index contributed by atoms with van der Waals surface area (Å²) in [5.74, 6) is -0.827. The molecule has 8 nitrogen and oxygen atoms in total. The molecule has 1 atom stereocenters. The highest BCUT2D eigenvalue weighted by Crippen LogP contribution is 2.39. The first-order valence-corrected chi connectivity index (χ1v) is 10.4. The number of nitrogens with zero attached hydrogens (tertiary/aromatic N) is 3. The maximum atomic E-state index is 12.6. The Morgan fingerprint density at radius 3 is 2.55 bits per heavy atom. The number of hydrogen-bond donors (Lipinski definition) is 1. The summed E-state index contributed by atoms with van der Waals surface area (Å²) in [7, 11) is 2.17. The number of hydrogen-bond acceptors (Lipinski definition) is 6. The van der Waals surface area contributed by atoms with E-state index in [1.807, 2.05) is 30.0 Å². The minimum atomic E-state index is -5.08. The van der Waals surface area contributed by atoms with Crippen molar-refractivity contribution in [2.24, 2.45) is 5.92 Å². The fourth-order valence-electron chi connectivity index (χ4n) is 4.14. The molecule has 0 aliphatic carbocycles. The van der Waals surface area contributed by atoms with Crippen LogP contribution in [0.15, 0.2) is 41.1 Å². The molecule has 1 amide bonds. The summed E-state index contributed by atoms with van der Waals surface area (Å²) in [5.41, 5.74) is 0.748. The normalized spacial score (nSPS) is 19.9. The third kappa shape index (κ3) is 5.84. The molecule has 1 spiro atoms. The lowest BCUT2D eigenvalue weighted by Crippen LogP contribution is -2.72. The lowest BCUT2D eigenvalue weighted by Gasteiger charge is -2.58. The molecule has 4 rings (SSSR count). The van der Waals surface area contributed by atoms with Gasteiger partial charge in [-0.25, -0.2) is 9.78 Å². The highest BCUT2D eigenvalue weighted by Gasteiger charge is 2.51. The number of piperidine rings is 1. The second-order valence-corrected chi connectivity index (χ2v) is 8.34. The monoisotopic (exact) mass is 469 g/mol. The number of carbonyl (C=O) groups excluding carboxylic acids is 1. The summed E-state index contributed by atoms with van der Waals surface area (Å²) >= 11 is 0. The van der Waals surface area contributed by atoms with Crippen LogP contribution in [0.2, 0.25) is 0 Å². The van der Waals surface area contributed by atoms with Gasteiger partial charge in [-0.15, -0.1) is 0 Å². The van der Waals surface area contributed by atoms with Crippen LogP contribution in [0, 0.1) is 12.8 Å². The van der Waals surface area contributed by atoms with Gasteiger partial charge in [0.1, 0.15) is 5.76 Å². The molecule has 11 heteroatoms. The minimum absolute atomic E-state index is 0.0714. The number of rotatable bonds is 4. The van der Waals surface area contributed by atoms with Gasteiger partial charge in [0.15, 0.2) is 0 Å². The van der Waals surface area contributed by atoms with Crippen molar-refractivity contribution < 1.29 is 37.0 Å².